The molecule has 7 heteroatoms. The molecule has 2 aromatic rings. The summed E-state index contributed by atoms with van der Waals surface area (Å²) in [5, 5.41) is 7.56. The first-order chi connectivity index (χ1) is 13.5. The summed E-state index contributed by atoms with van der Waals surface area (Å²) < 4.78 is 1.65. The summed E-state index contributed by atoms with van der Waals surface area (Å²) >= 11 is 0. The van der Waals surface area contributed by atoms with E-state index in [9.17, 15) is 9.59 Å². The fraction of sp³-hybridized carbons (Fsp3) is 0.476. The third-order valence-corrected chi connectivity index (χ3v) is 6.16. The molecule has 7 nitrogen and oxygen atoms in total. The number of benzene rings is 1. The summed E-state index contributed by atoms with van der Waals surface area (Å²) in [6, 6.07) is 11.7. The van der Waals surface area contributed by atoms with Crippen LogP contribution in [0.2, 0.25) is 0 Å². The lowest BCUT2D eigenvalue weighted by Gasteiger charge is -2.44. The monoisotopic (exact) mass is 381 g/mol. The fourth-order valence-electron chi connectivity index (χ4n) is 4.34. The van der Waals surface area contributed by atoms with Crippen molar-refractivity contribution in [1.82, 2.24) is 24.9 Å². The van der Waals surface area contributed by atoms with Gasteiger partial charge in [0.15, 0.2) is 0 Å². The number of aryl methyl sites for hydroxylation is 1. The summed E-state index contributed by atoms with van der Waals surface area (Å²) in [6.07, 6.45) is 2.28. The molecule has 2 amide bonds. The second-order valence-corrected chi connectivity index (χ2v) is 7.76. The van der Waals surface area contributed by atoms with E-state index in [1.54, 1.807) is 11.7 Å². The molecule has 28 heavy (non-hydrogen) atoms. The van der Waals surface area contributed by atoms with Gasteiger partial charge >= 0.3 is 0 Å². The number of piperidine rings is 1. The maximum atomic E-state index is 13.1. The van der Waals surface area contributed by atoms with Crippen molar-refractivity contribution in [3.05, 3.63) is 42.1 Å². The first-order valence-electron chi connectivity index (χ1n) is 9.89. The molecule has 0 saturated carbocycles. The van der Waals surface area contributed by atoms with Crippen LogP contribution in [0.15, 0.2) is 36.4 Å². The van der Waals surface area contributed by atoms with E-state index in [0.29, 0.717) is 31.6 Å². The molecule has 1 N–H and O–H groups in total. The quantitative estimate of drug-likeness (QED) is 0.856. The summed E-state index contributed by atoms with van der Waals surface area (Å²) in [4.78, 5) is 29.8. The Labute approximate surface area is 165 Å². The molecule has 2 saturated heterocycles. The molecule has 148 valence electrons. The minimum Gasteiger partial charge on any atom is -0.354 e. The number of rotatable bonds is 2. The lowest BCUT2D eigenvalue weighted by atomic mass is 9.85. The fourth-order valence-corrected chi connectivity index (χ4v) is 4.34. The van der Waals surface area contributed by atoms with Crippen LogP contribution in [0.5, 0.6) is 0 Å². The van der Waals surface area contributed by atoms with Gasteiger partial charge in [-0.2, -0.15) is 5.10 Å². The predicted octanol–water partition coefficient (Wildman–Crippen LogP) is 1.51. The Hall–Kier alpha value is -2.67. The highest BCUT2D eigenvalue weighted by Crippen LogP contribution is 2.31. The van der Waals surface area contributed by atoms with Crippen LogP contribution in [-0.2, 0) is 11.8 Å². The van der Waals surface area contributed by atoms with Crippen LogP contribution in [0.3, 0.4) is 0 Å². The lowest BCUT2D eigenvalue weighted by Crippen LogP contribution is -2.61. The van der Waals surface area contributed by atoms with E-state index in [4.69, 9.17) is 0 Å². The van der Waals surface area contributed by atoms with Gasteiger partial charge in [0, 0.05) is 38.8 Å². The second kappa shape index (κ2) is 7.39. The Morgan fingerprint density at radius 3 is 2.54 bits per heavy atom. The molecule has 0 radical (unpaired) electrons. The van der Waals surface area contributed by atoms with Crippen LogP contribution in [0.25, 0.3) is 11.3 Å². The van der Waals surface area contributed by atoms with E-state index in [0.717, 1.165) is 30.8 Å². The molecule has 2 aliphatic heterocycles. The van der Waals surface area contributed by atoms with Crippen LogP contribution in [-0.4, -0.2) is 70.2 Å². The van der Waals surface area contributed by atoms with E-state index in [1.807, 2.05) is 48.3 Å². The van der Waals surface area contributed by atoms with Gasteiger partial charge in [-0.25, -0.2) is 0 Å². The molecule has 0 unspecified atom stereocenters. The second-order valence-electron chi connectivity index (χ2n) is 7.76. The number of carbonyl (C=O) groups is 2. The molecule has 1 spiro atoms. The van der Waals surface area contributed by atoms with Crippen molar-refractivity contribution in [2.45, 2.75) is 24.8 Å². The lowest BCUT2D eigenvalue weighted by molar-refractivity contribution is -0.134. The van der Waals surface area contributed by atoms with Gasteiger partial charge in [-0.05, 0) is 32.4 Å². The van der Waals surface area contributed by atoms with E-state index in [-0.39, 0.29) is 11.8 Å². The summed E-state index contributed by atoms with van der Waals surface area (Å²) in [5.74, 6) is 0.0789. The zero-order chi connectivity index (χ0) is 19.7. The van der Waals surface area contributed by atoms with Crippen molar-refractivity contribution >= 4 is 11.8 Å². The number of carbonyl (C=O) groups excluding carboxylic acids is 2. The topological polar surface area (TPSA) is 70.5 Å². The third kappa shape index (κ3) is 3.20. The summed E-state index contributed by atoms with van der Waals surface area (Å²) in [5.41, 5.74) is 1.87. The molecular weight excluding hydrogens is 354 g/mol. The number of hydrogen-bond acceptors (Lipinski definition) is 4. The van der Waals surface area contributed by atoms with Gasteiger partial charge in [-0.3, -0.25) is 19.2 Å². The maximum Gasteiger partial charge on any atom is 0.272 e. The number of nitrogens with zero attached hydrogens (tertiary/aromatic N) is 4. The molecule has 2 fully saturated rings. The molecule has 1 aromatic carbocycles. The predicted molar refractivity (Wildman–Crippen MR) is 107 cm³/mol. The van der Waals surface area contributed by atoms with Gasteiger partial charge in [0.2, 0.25) is 5.91 Å². The van der Waals surface area contributed by atoms with Gasteiger partial charge < -0.3 is 10.2 Å². The molecule has 0 aliphatic carbocycles. The van der Waals surface area contributed by atoms with Gasteiger partial charge in [0.25, 0.3) is 5.91 Å². The van der Waals surface area contributed by atoms with Crippen molar-refractivity contribution in [2.24, 2.45) is 7.05 Å². The Morgan fingerprint density at radius 2 is 1.82 bits per heavy atom. The standard InChI is InChI=1S/C21H27N5O2/c1-24-12-6-11-22-20(28)21(24)9-13-26(14-10-21)19(27)18-15-17(23-25(18)2)16-7-4-3-5-8-16/h3-5,7-8,15H,6,9-14H2,1-2H3,(H,22,28). The van der Waals surface area contributed by atoms with Crippen molar-refractivity contribution in [1.29, 1.82) is 0 Å². The smallest absolute Gasteiger partial charge is 0.272 e. The first-order valence-corrected chi connectivity index (χ1v) is 9.89. The van der Waals surface area contributed by atoms with Crippen molar-refractivity contribution in [3.8, 4) is 11.3 Å². The van der Waals surface area contributed by atoms with Crippen molar-refractivity contribution in [3.63, 3.8) is 0 Å². The van der Waals surface area contributed by atoms with Crippen LogP contribution >= 0.6 is 0 Å². The Bertz CT molecular complexity index is 868. The molecule has 2 aliphatic rings. The van der Waals surface area contributed by atoms with Crippen molar-refractivity contribution < 1.29 is 9.59 Å². The summed E-state index contributed by atoms with van der Waals surface area (Å²) in [6.45, 7) is 2.77. The number of likely N-dealkylation sites (tertiary alicyclic amines) is 1. The number of likely N-dealkylation sites (N-methyl/N-ethyl adjacent to an activating group) is 1. The normalized spacial score (nSPS) is 20.1. The average Bonchev–Trinajstić information content (AvgIpc) is 3.06. The Morgan fingerprint density at radius 1 is 1.11 bits per heavy atom. The summed E-state index contributed by atoms with van der Waals surface area (Å²) in [7, 11) is 3.83. The van der Waals surface area contributed by atoms with Crippen LogP contribution < -0.4 is 5.32 Å². The van der Waals surface area contributed by atoms with Gasteiger partial charge in [-0.15, -0.1) is 0 Å². The molecule has 4 rings (SSSR count). The highest BCUT2D eigenvalue weighted by Gasteiger charge is 2.46. The van der Waals surface area contributed by atoms with Crippen LogP contribution in [0, 0.1) is 0 Å². The number of aromatic nitrogens is 2. The Kier molecular flexibility index (Phi) is 4.93. The SMILES string of the molecule is CN1CCCNC(=O)C12CCN(C(=O)c1cc(-c3ccccc3)nn1C)CC2. The van der Waals surface area contributed by atoms with Gasteiger partial charge in [0.05, 0.1) is 5.69 Å². The highest BCUT2D eigenvalue weighted by atomic mass is 16.2. The largest absolute Gasteiger partial charge is 0.354 e. The molecular formula is C21H27N5O2. The van der Waals surface area contributed by atoms with E-state index >= 15 is 0 Å². The van der Waals surface area contributed by atoms with Gasteiger partial charge in [0.1, 0.15) is 11.2 Å². The minimum atomic E-state index is -0.491. The first kappa shape index (κ1) is 18.7. The maximum absolute atomic E-state index is 13.1. The molecule has 1 aromatic heterocycles. The highest BCUT2D eigenvalue weighted by molar-refractivity contribution is 5.94. The number of nitrogens with one attached hydrogen (secondary N) is 1. The van der Waals surface area contributed by atoms with Crippen LogP contribution in [0.1, 0.15) is 29.8 Å². The molecule has 0 atom stereocenters. The van der Waals surface area contributed by atoms with E-state index < -0.39 is 5.54 Å². The van der Waals surface area contributed by atoms with Crippen LogP contribution in [0.4, 0.5) is 0 Å². The average molecular weight is 381 g/mol. The third-order valence-electron chi connectivity index (χ3n) is 6.16. The number of hydrogen-bond donors (Lipinski definition) is 1. The van der Waals surface area contributed by atoms with E-state index in [2.05, 4.69) is 15.3 Å². The van der Waals surface area contributed by atoms with Gasteiger partial charge in [-0.1, -0.05) is 30.3 Å². The zero-order valence-corrected chi connectivity index (χ0v) is 16.5. The van der Waals surface area contributed by atoms with E-state index in [1.165, 1.54) is 0 Å². The molecule has 0 bridgehead atoms. The minimum absolute atomic E-state index is 0.0243. The molecule has 3 heterocycles. The zero-order valence-electron chi connectivity index (χ0n) is 16.5. The number of amides is 2. The van der Waals surface area contributed by atoms with Crippen molar-refractivity contribution in [2.75, 3.05) is 33.2 Å². The Balaban J connectivity index is 1.50.